The largest absolute Gasteiger partial charge is 0.478 e. The Bertz CT molecular complexity index is 509. The standard InChI is InChI=1S/C16H22N2O3/c1-3-10-18(14-8-9-14)16(21)17(2)11-12-4-6-13(7-5-12)15(19)20/h4-7,14H,3,8-11H2,1-2H3,(H,19,20). The van der Waals surface area contributed by atoms with Crippen LogP contribution < -0.4 is 0 Å². The van der Waals surface area contributed by atoms with E-state index in [1.54, 1.807) is 36.2 Å². The van der Waals surface area contributed by atoms with E-state index in [4.69, 9.17) is 5.11 Å². The number of carboxylic acid groups (broad SMARTS) is 1. The highest BCUT2D eigenvalue weighted by molar-refractivity contribution is 5.87. The summed E-state index contributed by atoms with van der Waals surface area (Å²) in [6.07, 6.45) is 3.17. The summed E-state index contributed by atoms with van der Waals surface area (Å²) in [5.74, 6) is -0.936. The smallest absolute Gasteiger partial charge is 0.335 e. The quantitative estimate of drug-likeness (QED) is 0.876. The fraction of sp³-hybridized carbons (Fsp3) is 0.500. The van der Waals surface area contributed by atoms with Crippen LogP contribution in [0.3, 0.4) is 0 Å². The molecule has 0 aromatic heterocycles. The van der Waals surface area contributed by atoms with Crippen molar-refractivity contribution in [3.05, 3.63) is 35.4 Å². The molecule has 0 heterocycles. The van der Waals surface area contributed by atoms with Gasteiger partial charge < -0.3 is 14.9 Å². The Balaban J connectivity index is 1.97. The summed E-state index contributed by atoms with van der Waals surface area (Å²) < 4.78 is 0. The highest BCUT2D eigenvalue weighted by atomic mass is 16.4. The Morgan fingerprint density at radius 2 is 1.86 bits per heavy atom. The van der Waals surface area contributed by atoms with E-state index >= 15 is 0 Å². The number of aromatic carboxylic acids is 1. The van der Waals surface area contributed by atoms with E-state index in [-0.39, 0.29) is 11.6 Å². The molecular weight excluding hydrogens is 268 g/mol. The normalized spacial score (nSPS) is 13.8. The number of carbonyl (C=O) groups is 2. The first-order valence-corrected chi connectivity index (χ1v) is 7.37. The van der Waals surface area contributed by atoms with Crippen LogP contribution >= 0.6 is 0 Å². The van der Waals surface area contributed by atoms with Gasteiger partial charge in [0.1, 0.15) is 0 Å². The summed E-state index contributed by atoms with van der Waals surface area (Å²) in [4.78, 5) is 26.9. The number of benzene rings is 1. The lowest BCUT2D eigenvalue weighted by Gasteiger charge is -2.28. The zero-order valence-corrected chi connectivity index (χ0v) is 12.6. The molecule has 0 spiro atoms. The average Bonchev–Trinajstić information content (AvgIpc) is 3.29. The van der Waals surface area contributed by atoms with Gasteiger partial charge in [-0.25, -0.2) is 9.59 Å². The van der Waals surface area contributed by atoms with Crippen molar-refractivity contribution in [1.29, 1.82) is 0 Å². The van der Waals surface area contributed by atoms with Crippen LogP contribution in [-0.4, -0.2) is 46.5 Å². The van der Waals surface area contributed by atoms with Crippen molar-refractivity contribution in [3.8, 4) is 0 Å². The van der Waals surface area contributed by atoms with E-state index < -0.39 is 5.97 Å². The van der Waals surface area contributed by atoms with Crippen LogP contribution in [0.25, 0.3) is 0 Å². The summed E-state index contributed by atoms with van der Waals surface area (Å²) in [5, 5.41) is 8.87. The summed E-state index contributed by atoms with van der Waals surface area (Å²) in [5.41, 5.74) is 1.20. The lowest BCUT2D eigenvalue weighted by molar-refractivity contribution is 0.0696. The van der Waals surface area contributed by atoms with E-state index in [1.165, 1.54) is 0 Å². The fourth-order valence-corrected chi connectivity index (χ4v) is 2.38. The maximum Gasteiger partial charge on any atom is 0.335 e. The molecule has 0 aliphatic heterocycles. The van der Waals surface area contributed by atoms with Crippen molar-refractivity contribution in [2.75, 3.05) is 13.6 Å². The Morgan fingerprint density at radius 3 is 2.33 bits per heavy atom. The molecule has 5 heteroatoms. The van der Waals surface area contributed by atoms with Crippen molar-refractivity contribution < 1.29 is 14.7 Å². The number of carboxylic acids is 1. The molecule has 0 bridgehead atoms. The minimum Gasteiger partial charge on any atom is -0.478 e. The topological polar surface area (TPSA) is 60.9 Å². The molecule has 114 valence electrons. The molecule has 0 radical (unpaired) electrons. The first kappa shape index (κ1) is 15.4. The zero-order chi connectivity index (χ0) is 15.4. The summed E-state index contributed by atoms with van der Waals surface area (Å²) in [6.45, 7) is 3.37. The van der Waals surface area contributed by atoms with Gasteiger partial charge in [-0.2, -0.15) is 0 Å². The molecule has 2 rings (SSSR count). The lowest BCUT2D eigenvalue weighted by Crippen LogP contribution is -2.42. The number of carbonyl (C=O) groups excluding carboxylic acids is 1. The third kappa shape index (κ3) is 3.97. The molecule has 0 unspecified atom stereocenters. The molecule has 1 aliphatic rings. The average molecular weight is 290 g/mol. The van der Waals surface area contributed by atoms with E-state index in [0.717, 1.165) is 31.4 Å². The molecule has 21 heavy (non-hydrogen) atoms. The van der Waals surface area contributed by atoms with Crippen molar-refractivity contribution in [1.82, 2.24) is 9.80 Å². The summed E-state index contributed by atoms with van der Waals surface area (Å²) >= 11 is 0. The molecule has 1 aromatic carbocycles. The third-order valence-electron chi connectivity index (χ3n) is 3.65. The van der Waals surface area contributed by atoms with E-state index in [0.29, 0.717) is 12.6 Å². The number of rotatable bonds is 6. The molecule has 0 saturated heterocycles. The van der Waals surface area contributed by atoms with Gasteiger partial charge in [0.25, 0.3) is 0 Å². The predicted molar refractivity (Wildman–Crippen MR) is 80.3 cm³/mol. The molecular formula is C16H22N2O3. The zero-order valence-electron chi connectivity index (χ0n) is 12.6. The number of hydrogen-bond acceptors (Lipinski definition) is 2. The minimum absolute atomic E-state index is 0.0571. The van der Waals surface area contributed by atoms with E-state index in [1.807, 2.05) is 4.90 Å². The second kappa shape index (κ2) is 6.61. The van der Waals surface area contributed by atoms with E-state index in [2.05, 4.69) is 6.92 Å². The minimum atomic E-state index is -0.936. The van der Waals surface area contributed by atoms with Crippen molar-refractivity contribution >= 4 is 12.0 Å². The first-order chi connectivity index (χ1) is 10.0. The molecule has 1 aromatic rings. The molecule has 2 amide bonds. The number of hydrogen-bond donors (Lipinski definition) is 1. The molecule has 1 fully saturated rings. The van der Waals surface area contributed by atoms with Crippen LogP contribution in [0.15, 0.2) is 24.3 Å². The molecule has 1 aliphatic carbocycles. The summed E-state index contributed by atoms with van der Waals surface area (Å²) in [7, 11) is 1.79. The second-order valence-corrected chi connectivity index (χ2v) is 5.57. The van der Waals surface area contributed by atoms with Crippen molar-refractivity contribution in [2.45, 2.75) is 38.8 Å². The van der Waals surface area contributed by atoms with Crippen LogP contribution in [0.2, 0.25) is 0 Å². The third-order valence-corrected chi connectivity index (χ3v) is 3.65. The SMILES string of the molecule is CCCN(C(=O)N(C)Cc1ccc(C(=O)O)cc1)C1CC1. The van der Waals surface area contributed by atoms with Gasteiger partial charge in [0, 0.05) is 26.2 Å². The maximum atomic E-state index is 12.5. The number of nitrogens with zero attached hydrogens (tertiary/aromatic N) is 2. The number of amides is 2. The Hall–Kier alpha value is -2.04. The van der Waals surface area contributed by atoms with Gasteiger partial charge in [-0.1, -0.05) is 19.1 Å². The molecule has 5 nitrogen and oxygen atoms in total. The van der Waals surface area contributed by atoms with Crippen LogP contribution in [-0.2, 0) is 6.54 Å². The monoisotopic (exact) mass is 290 g/mol. The van der Waals surface area contributed by atoms with Gasteiger partial charge in [0.2, 0.25) is 0 Å². The molecule has 1 saturated carbocycles. The van der Waals surface area contributed by atoms with Gasteiger partial charge >= 0.3 is 12.0 Å². The van der Waals surface area contributed by atoms with Gasteiger partial charge in [-0.05, 0) is 37.0 Å². The van der Waals surface area contributed by atoms with Gasteiger partial charge in [-0.15, -0.1) is 0 Å². The van der Waals surface area contributed by atoms with Gasteiger partial charge in [0.05, 0.1) is 5.56 Å². The van der Waals surface area contributed by atoms with Crippen molar-refractivity contribution in [3.63, 3.8) is 0 Å². The summed E-state index contributed by atoms with van der Waals surface area (Å²) in [6, 6.07) is 7.13. The Kier molecular flexibility index (Phi) is 4.83. The Morgan fingerprint density at radius 1 is 1.24 bits per heavy atom. The second-order valence-electron chi connectivity index (χ2n) is 5.57. The predicted octanol–water partition coefficient (Wildman–Crippen LogP) is 2.81. The number of urea groups is 1. The van der Waals surface area contributed by atoms with Crippen molar-refractivity contribution in [2.24, 2.45) is 0 Å². The highest BCUT2D eigenvalue weighted by Crippen LogP contribution is 2.28. The van der Waals surface area contributed by atoms with Gasteiger partial charge in [-0.3, -0.25) is 0 Å². The molecule has 0 atom stereocenters. The maximum absolute atomic E-state index is 12.5. The highest BCUT2D eigenvalue weighted by Gasteiger charge is 2.33. The van der Waals surface area contributed by atoms with Crippen LogP contribution in [0.4, 0.5) is 4.79 Å². The lowest BCUT2D eigenvalue weighted by atomic mass is 10.1. The van der Waals surface area contributed by atoms with Crippen LogP contribution in [0.5, 0.6) is 0 Å². The van der Waals surface area contributed by atoms with Gasteiger partial charge in [0.15, 0.2) is 0 Å². The van der Waals surface area contributed by atoms with E-state index in [9.17, 15) is 9.59 Å². The molecule has 1 N–H and O–H groups in total. The fourth-order valence-electron chi connectivity index (χ4n) is 2.38. The first-order valence-electron chi connectivity index (χ1n) is 7.37. The van der Waals surface area contributed by atoms with Crippen LogP contribution in [0.1, 0.15) is 42.1 Å². The van der Waals surface area contributed by atoms with Crippen LogP contribution in [0, 0.1) is 0 Å². The Labute approximate surface area is 125 Å².